The smallest absolute Gasteiger partial charge is 0.290 e. The molecular weight excluding hydrogens is 300 g/mol. The topological polar surface area (TPSA) is 40.8 Å². The van der Waals surface area contributed by atoms with Gasteiger partial charge in [0.2, 0.25) is 0 Å². The molecule has 0 unspecified atom stereocenters. The van der Waals surface area contributed by atoms with Crippen LogP contribution >= 0.6 is 0 Å². The molecule has 5 nitrogen and oxygen atoms in total. The summed E-state index contributed by atoms with van der Waals surface area (Å²) in [6.07, 6.45) is 0. The lowest BCUT2D eigenvalue weighted by molar-refractivity contribution is 0.0744. The van der Waals surface area contributed by atoms with Crippen LogP contribution in [0.15, 0.2) is 35.4 Å². The van der Waals surface area contributed by atoms with Crippen molar-refractivity contribution >= 4 is 22.5 Å². The summed E-state index contributed by atoms with van der Waals surface area (Å²) in [5, 5.41) is 7.48. The van der Waals surface area contributed by atoms with Gasteiger partial charge in [0.25, 0.3) is 5.91 Å². The number of para-hydroxylation sites is 1. The van der Waals surface area contributed by atoms with Gasteiger partial charge in [0.1, 0.15) is 5.69 Å². The van der Waals surface area contributed by atoms with E-state index in [1.807, 2.05) is 32.3 Å². The van der Waals surface area contributed by atoms with Crippen molar-refractivity contribution < 1.29 is 4.79 Å². The third kappa shape index (κ3) is 3.08. The standard InChI is InChI=1S/C19H26N4O/c1-19(2,3)17-13-22-15-9-7-6-8-14(15)12-16(22)18(24)23(20-17)11-10-21(4)5/h6-9,12H,10-11,13H2,1-5H3. The lowest BCUT2D eigenvalue weighted by Gasteiger charge is -2.24. The van der Waals surface area contributed by atoms with Gasteiger partial charge in [-0.2, -0.15) is 5.10 Å². The first-order valence-electron chi connectivity index (χ1n) is 8.40. The largest absolute Gasteiger partial charge is 0.331 e. The predicted octanol–water partition coefficient (Wildman–Crippen LogP) is 3.06. The van der Waals surface area contributed by atoms with E-state index in [9.17, 15) is 4.79 Å². The summed E-state index contributed by atoms with van der Waals surface area (Å²) in [5.74, 6) is -0.0210. The second kappa shape index (κ2) is 6.06. The molecule has 2 heterocycles. The number of carbonyl (C=O) groups is 1. The van der Waals surface area contributed by atoms with E-state index in [0.29, 0.717) is 13.1 Å². The zero-order chi connectivity index (χ0) is 17.5. The molecule has 1 aliphatic rings. The van der Waals surface area contributed by atoms with E-state index in [-0.39, 0.29) is 11.3 Å². The van der Waals surface area contributed by atoms with Gasteiger partial charge in [0.15, 0.2) is 0 Å². The van der Waals surface area contributed by atoms with Crippen molar-refractivity contribution in [2.45, 2.75) is 27.3 Å². The average molecular weight is 326 g/mol. The number of benzene rings is 1. The summed E-state index contributed by atoms with van der Waals surface area (Å²) in [4.78, 5) is 15.1. The lowest BCUT2D eigenvalue weighted by Crippen LogP contribution is -2.34. The molecule has 24 heavy (non-hydrogen) atoms. The van der Waals surface area contributed by atoms with Crippen LogP contribution in [0, 0.1) is 5.41 Å². The Balaban J connectivity index is 2.11. The van der Waals surface area contributed by atoms with E-state index in [1.165, 1.54) is 0 Å². The molecule has 0 bridgehead atoms. The number of carbonyl (C=O) groups excluding carboxylic acids is 1. The third-order valence-electron chi connectivity index (χ3n) is 4.44. The van der Waals surface area contributed by atoms with Crippen molar-refractivity contribution in [3.8, 4) is 0 Å². The summed E-state index contributed by atoms with van der Waals surface area (Å²) in [7, 11) is 4.02. The Hall–Kier alpha value is -2.14. The molecule has 0 saturated heterocycles. The second-order valence-electron chi connectivity index (χ2n) is 7.70. The van der Waals surface area contributed by atoms with Crippen LogP contribution in [0.25, 0.3) is 10.9 Å². The normalized spacial score (nSPS) is 15.7. The first-order valence-corrected chi connectivity index (χ1v) is 8.40. The number of hydrazone groups is 1. The highest BCUT2D eigenvalue weighted by molar-refractivity contribution is 6.02. The maximum absolute atomic E-state index is 13.1. The fourth-order valence-electron chi connectivity index (χ4n) is 2.90. The molecule has 1 aromatic carbocycles. The molecule has 1 amide bonds. The third-order valence-corrected chi connectivity index (χ3v) is 4.44. The maximum atomic E-state index is 13.1. The Bertz CT molecular complexity index is 795. The van der Waals surface area contributed by atoms with Crippen LogP contribution in [0.1, 0.15) is 31.3 Å². The van der Waals surface area contributed by atoms with E-state index in [4.69, 9.17) is 5.10 Å². The van der Waals surface area contributed by atoms with E-state index >= 15 is 0 Å². The molecule has 0 atom stereocenters. The lowest BCUT2D eigenvalue weighted by atomic mass is 9.90. The van der Waals surface area contributed by atoms with Crippen LogP contribution in [0.5, 0.6) is 0 Å². The quantitative estimate of drug-likeness (QED) is 0.870. The summed E-state index contributed by atoms with van der Waals surface area (Å²) in [6, 6.07) is 10.1. The molecular formula is C19H26N4O. The number of rotatable bonds is 3. The molecule has 0 spiro atoms. The molecule has 1 aromatic heterocycles. The SMILES string of the molecule is CN(C)CCN1N=C(C(C)(C)C)Cn2c(cc3ccccc32)C1=O. The summed E-state index contributed by atoms with van der Waals surface area (Å²) in [6.45, 7) is 8.47. The maximum Gasteiger partial charge on any atom is 0.290 e. The van der Waals surface area contributed by atoms with Crippen molar-refractivity contribution in [1.29, 1.82) is 0 Å². The molecule has 0 radical (unpaired) electrons. The molecule has 0 N–H and O–H groups in total. The molecule has 3 rings (SSSR count). The Morgan fingerprint density at radius 3 is 2.58 bits per heavy atom. The minimum absolute atomic E-state index is 0.0210. The fraction of sp³-hybridized carbons (Fsp3) is 0.474. The van der Waals surface area contributed by atoms with Crippen molar-refractivity contribution in [1.82, 2.24) is 14.5 Å². The van der Waals surface area contributed by atoms with Crippen LogP contribution in [-0.4, -0.2) is 53.3 Å². The monoisotopic (exact) mass is 326 g/mol. The van der Waals surface area contributed by atoms with Crippen LogP contribution in [0.4, 0.5) is 0 Å². The zero-order valence-electron chi connectivity index (χ0n) is 15.2. The highest BCUT2D eigenvalue weighted by Crippen LogP contribution is 2.27. The molecule has 2 aromatic rings. The van der Waals surface area contributed by atoms with Crippen LogP contribution in [-0.2, 0) is 6.54 Å². The molecule has 0 fully saturated rings. The molecule has 0 aliphatic carbocycles. The van der Waals surface area contributed by atoms with E-state index < -0.39 is 0 Å². The average Bonchev–Trinajstić information content (AvgIpc) is 2.80. The number of likely N-dealkylation sites (N-methyl/N-ethyl adjacent to an activating group) is 1. The summed E-state index contributed by atoms with van der Waals surface area (Å²) in [5.41, 5.74) is 2.74. The van der Waals surface area contributed by atoms with Gasteiger partial charge in [0, 0.05) is 22.9 Å². The van der Waals surface area contributed by atoms with Crippen molar-refractivity contribution in [2.24, 2.45) is 10.5 Å². The van der Waals surface area contributed by atoms with E-state index in [1.54, 1.807) is 5.01 Å². The number of hydrogen-bond donors (Lipinski definition) is 0. The Morgan fingerprint density at radius 1 is 1.21 bits per heavy atom. The highest BCUT2D eigenvalue weighted by Gasteiger charge is 2.30. The highest BCUT2D eigenvalue weighted by atomic mass is 16.2. The van der Waals surface area contributed by atoms with Gasteiger partial charge in [-0.1, -0.05) is 39.0 Å². The van der Waals surface area contributed by atoms with Crippen LogP contribution < -0.4 is 0 Å². The van der Waals surface area contributed by atoms with Crippen molar-refractivity contribution in [3.63, 3.8) is 0 Å². The predicted molar refractivity (Wildman–Crippen MR) is 98.4 cm³/mol. The first-order chi connectivity index (χ1) is 11.3. The van der Waals surface area contributed by atoms with Crippen molar-refractivity contribution in [2.75, 3.05) is 27.2 Å². The van der Waals surface area contributed by atoms with Gasteiger partial charge in [-0.05, 0) is 26.2 Å². The number of fused-ring (bicyclic) bond motifs is 3. The molecule has 5 heteroatoms. The van der Waals surface area contributed by atoms with E-state index in [0.717, 1.165) is 28.9 Å². The van der Waals surface area contributed by atoms with Gasteiger partial charge in [0.05, 0.1) is 18.8 Å². The second-order valence-corrected chi connectivity index (χ2v) is 7.70. The molecule has 128 valence electrons. The van der Waals surface area contributed by atoms with Gasteiger partial charge in [-0.15, -0.1) is 0 Å². The van der Waals surface area contributed by atoms with Gasteiger partial charge < -0.3 is 9.47 Å². The Kier molecular flexibility index (Phi) is 4.22. The zero-order valence-corrected chi connectivity index (χ0v) is 15.2. The Labute approximate surface area is 143 Å². The number of aromatic nitrogens is 1. The summed E-state index contributed by atoms with van der Waals surface area (Å²) >= 11 is 0. The van der Waals surface area contributed by atoms with E-state index in [2.05, 4.69) is 42.4 Å². The fourth-order valence-corrected chi connectivity index (χ4v) is 2.90. The van der Waals surface area contributed by atoms with Gasteiger partial charge in [-0.25, -0.2) is 5.01 Å². The Morgan fingerprint density at radius 2 is 1.92 bits per heavy atom. The first kappa shape index (κ1) is 16.7. The molecule has 0 saturated carbocycles. The van der Waals surface area contributed by atoms with Gasteiger partial charge >= 0.3 is 0 Å². The van der Waals surface area contributed by atoms with Crippen molar-refractivity contribution in [3.05, 3.63) is 36.0 Å². The number of nitrogens with zero attached hydrogens (tertiary/aromatic N) is 4. The van der Waals surface area contributed by atoms with Gasteiger partial charge in [-0.3, -0.25) is 4.79 Å². The minimum Gasteiger partial charge on any atom is -0.331 e. The van der Waals surface area contributed by atoms with Crippen LogP contribution in [0.3, 0.4) is 0 Å². The van der Waals surface area contributed by atoms with Crippen LogP contribution in [0.2, 0.25) is 0 Å². The minimum atomic E-state index is -0.0936. The number of amides is 1. The summed E-state index contributed by atoms with van der Waals surface area (Å²) < 4.78 is 2.11. The number of hydrogen-bond acceptors (Lipinski definition) is 3. The molecule has 1 aliphatic heterocycles.